The molecule has 1 aromatic heterocycles. The molecule has 0 atom stereocenters. The maximum atomic E-state index is 7.38. The molecular formula is C12H9BrClN3O. The predicted octanol–water partition coefficient (Wildman–Crippen LogP) is 3.57. The van der Waals surface area contributed by atoms with E-state index in [9.17, 15) is 0 Å². The van der Waals surface area contributed by atoms with Gasteiger partial charge in [0.15, 0.2) is 0 Å². The van der Waals surface area contributed by atoms with Crippen LogP contribution in [0.1, 0.15) is 5.56 Å². The maximum Gasteiger partial charge on any atom is 0.147 e. The minimum Gasteiger partial charge on any atom is -0.456 e. The van der Waals surface area contributed by atoms with E-state index >= 15 is 0 Å². The smallest absolute Gasteiger partial charge is 0.147 e. The zero-order valence-electron chi connectivity index (χ0n) is 9.15. The normalized spacial score (nSPS) is 10.1. The van der Waals surface area contributed by atoms with Gasteiger partial charge in [0, 0.05) is 22.3 Å². The molecule has 2 rings (SSSR count). The van der Waals surface area contributed by atoms with E-state index in [0.29, 0.717) is 26.6 Å². The molecule has 0 saturated carbocycles. The van der Waals surface area contributed by atoms with E-state index in [1.54, 1.807) is 30.5 Å². The van der Waals surface area contributed by atoms with Crippen LogP contribution in [0.2, 0.25) is 5.02 Å². The van der Waals surface area contributed by atoms with Gasteiger partial charge < -0.3 is 10.5 Å². The van der Waals surface area contributed by atoms with Crippen LogP contribution in [0.5, 0.6) is 11.5 Å². The summed E-state index contributed by atoms with van der Waals surface area (Å²) < 4.78 is 6.28. The molecule has 0 bridgehead atoms. The standard InChI is InChI=1S/C12H9BrClN3O/c13-11-4-8(1-2-10(11)12(15)16)18-9-3-7(14)5-17-6-9/h1-6H,(H3,15,16). The first kappa shape index (κ1) is 12.9. The summed E-state index contributed by atoms with van der Waals surface area (Å²) >= 11 is 9.15. The number of nitrogens with two attached hydrogens (primary N) is 1. The fourth-order valence-electron chi connectivity index (χ4n) is 1.36. The molecule has 3 N–H and O–H groups in total. The van der Waals surface area contributed by atoms with E-state index in [0.717, 1.165) is 0 Å². The molecule has 0 fully saturated rings. The van der Waals surface area contributed by atoms with Crippen molar-refractivity contribution in [3.63, 3.8) is 0 Å². The second-order valence-corrected chi connectivity index (χ2v) is 4.79. The number of amidine groups is 1. The fourth-order valence-corrected chi connectivity index (χ4v) is 2.10. The second-order valence-electron chi connectivity index (χ2n) is 3.50. The number of rotatable bonds is 3. The Labute approximate surface area is 117 Å². The molecule has 0 aliphatic rings. The highest BCUT2D eigenvalue weighted by atomic mass is 79.9. The van der Waals surface area contributed by atoms with Crippen LogP contribution in [0.15, 0.2) is 41.1 Å². The van der Waals surface area contributed by atoms with Crippen molar-refractivity contribution in [2.24, 2.45) is 5.73 Å². The van der Waals surface area contributed by atoms with Crippen molar-refractivity contribution in [1.29, 1.82) is 5.41 Å². The Balaban J connectivity index is 2.25. The lowest BCUT2D eigenvalue weighted by Gasteiger charge is -2.08. The van der Waals surface area contributed by atoms with Gasteiger partial charge in [-0.15, -0.1) is 0 Å². The molecular weight excluding hydrogens is 318 g/mol. The number of nitrogens with zero attached hydrogens (tertiary/aromatic N) is 1. The molecule has 4 nitrogen and oxygen atoms in total. The molecule has 0 aliphatic heterocycles. The van der Waals surface area contributed by atoms with Crippen LogP contribution in [0.25, 0.3) is 0 Å². The maximum absolute atomic E-state index is 7.38. The monoisotopic (exact) mass is 325 g/mol. The lowest BCUT2D eigenvalue weighted by molar-refractivity contribution is 0.480. The topological polar surface area (TPSA) is 72.0 Å². The van der Waals surface area contributed by atoms with Crippen LogP contribution >= 0.6 is 27.5 Å². The molecule has 0 saturated heterocycles. The number of hydrogen-bond donors (Lipinski definition) is 2. The highest BCUT2D eigenvalue weighted by Crippen LogP contribution is 2.27. The summed E-state index contributed by atoms with van der Waals surface area (Å²) in [6.45, 7) is 0. The third kappa shape index (κ3) is 3.00. The van der Waals surface area contributed by atoms with Gasteiger partial charge in [0.2, 0.25) is 0 Å². The van der Waals surface area contributed by atoms with Crippen molar-refractivity contribution >= 4 is 33.4 Å². The average molecular weight is 327 g/mol. The van der Waals surface area contributed by atoms with E-state index in [4.69, 9.17) is 27.5 Å². The Morgan fingerprint density at radius 1 is 1.28 bits per heavy atom. The van der Waals surface area contributed by atoms with E-state index in [1.807, 2.05) is 0 Å². The Bertz CT molecular complexity index is 604. The van der Waals surface area contributed by atoms with Gasteiger partial charge in [-0.1, -0.05) is 11.6 Å². The molecule has 1 heterocycles. The number of pyridine rings is 1. The predicted molar refractivity (Wildman–Crippen MR) is 74.5 cm³/mol. The molecule has 0 radical (unpaired) electrons. The van der Waals surface area contributed by atoms with Gasteiger partial charge in [-0.3, -0.25) is 10.4 Å². The minimum absolute atomic E-state index is 0.00199. The molecule has 1 aromatic carbocycles. The van der Waals surface area contributed by atoms with Crippen molar-refractivity contribution < 1.29 is 4.74 Å². The SMILES string of the molecule is N=C(N)c1ccc(Oc2cncc(Cl)c2)cc1Br. The summed E-state index contributed by atoms with van der Waals surface area (Å²) in [5, 5.41) is 7.88. The number of benzene rings is 1. The first-order chi connectivity index (χ1) is 8.56. The molecule has 0 aliphatic carbocycles. The van der Waals surface area contributed by atoms with E-state index < -0.39 is 0 Å². The second kappa shape index (κ2) is 5.37. The zero-order valence-corrected chi connectivity index (χ0v) is 11.5. The Morgan fingerprint density at radius 2 is 2.06 bits per heavy atom. The molecule has 18 heavy (non-hydrogen) atoms. The van der Waals surface area contributed by atoms with Crippen LogP contribution in [0.3, 0.4) is 0 Å². The largest absolute Gasteiger partial charge is 0.456 e. The first-order valence-corrected chi connectivity index (χ1v) is 6.15. The van der Waals surface area contributed by atoms with Crippen molar-refractivity contribution in [3.05, 3.63) is 51.7 Å². The first-order valence-electron chi connectivity index (χ1n) is 4.98. The number of hydrogen-bond acceptors (Lipinski definition) is 3. The van der Waals surface area contributed by atoms with Gasteiger partial charge in [0.25, 0.3) is 0 Å². The molecule has 0 spiro atoms. The van der Waals surface area contributed by atoms with Crippen molar-refractivity contribution in [2.75, 3.05) is 0 Å². The summed E-state index contributed by atoms with van der Waals surface area (Å²) in [6, 6.07) is 6.83. The van der Waals surface area contributed by atoms with Gasteiger partial charge >= 0.3 is 0 Å². The highest BCUT2D eigenvalue weighted by Gasteiger charge is 2.06. The quantitative estimate of drug-likeness (QED) is 0.669. The van der Waals surface area contributed by atoms with Crippen LogP contribution in [0, 0.1) is 5.41 Å². The van der Waals surface area contributed by atoms with Gasteiger partial charge in [0.05, 0.1) is 11.2 Å². The molecule has 0 amide bonds. The lowest BCUT2D eigenvalue weighted by atomic mass is 10.2. The summed E-state index contributed by atoms with van der Waals surface area (Å²) in [7, 11) is 0. The van der Waals surface area contributed by atoms with Crippen molar-refractivity contribution in [2.45, 2.75) is 0 Å². The summed E-state index contributed by atoms with van der Waals surface area (Å²) in [4.78, 5) is 3.93. The lowest BCUT2D eigenvalue weighted by Crippen LogP contribution is -2.11. The number of ether oxygens (including phenoxy) is 1. The highest BCUT2D eigenvalue weighted by molar-refractivity contribution is 9.10. The summed E-state index contributed by atoms with van der Waals surface area (Å²) in [5.41, 5.74) is 6.04. The van der Waals surface area contributed by atoms with Crippen molar-refractivity contribution in [1.82, 2.24) is 4.98 Å². The van der Waals surface area contributed by atoms with Gasteiger partial charge in [-0.25, -0.2) is 0 Å². The van der Waals surface area contributed by atoms with E-state index in [1.165, 1.54) is 6.20 Å². The third-order valence-electron chi connectivity index (χ3n) is 2.15. The number of nitrogens with one attached hydrogen (secondary N) is 1. The Kier molecular flexibility index (Phi) is 3.84. The van der Waals surface area contributed by atoms with E-state index in [-0.39, 0.29) is 5.84 Å². The minimum atomic E-state index is -0.00199. The van der Waals surface area contributed by atoms with Crippen LogP contribution in [-0.4, -0.2) is 10.8 Å². The average Bonchev–Trinajstić information content (AvgIpc) is 2.28. The van der Waals surface area contributed by atoms with E-state index in [2.05, 4.69) is 20.9 Å². The van der Waals surface area contributed by atoms with Crippen LogP contribution in [-0.2, 0) is 0 Å². The van der Waals surface area contributed by atoms with Crippen LogP contribution < -0.4 is 10.5 Å². The summed E-state index contributed by atoms with van der Waals surface area (Å²) in [6.07, 6.45) is 3.10. The number of nitrogen functional groups attached to an aromatic ring is 1. The fraction of sp³-hybridized carbons (Fsp3) is 0. The molecule has 2 aromatic rings. The van der Waals surface area contributed by atoms with Gasteiger partial charge in [0.1, 0.15) is 17.3 Å². The molecule has 6 heteroatoms. The molecule has 0 unspecified atom stereocenters. The van der Waals surface area contributed by atoms with Gasteiger partial charge in [-0.05, 0) is 34.1 Å². The van der Waals surface area contributed by atoms with Crippen LogP contribution in [0.4, 0.5) is 0 Å². The third-order valence-corrected chi connectivity index (χ3v) is 3.01. The Morgan fingerprint density at radius 3 is 2.67 bits per heavy atom. The zero-order chi connectivity index (χ0) is 13.1. The number of halogens is 2. The van der Waals surface area contributed by atoms with Gasteiger partial charge in [-0.2, -0.15) is 0 Å². The summed E-state index contributed by atoms with van der Waals surface area (Å²) in [5.74, 6) is 1.15. The van der Waals surface area contributed by atoms with Crippen molar-refractivity contribution in [3.8, 4) is 11.5 Å². The number of aromatic nitrogens is 1. The molecule has 92 valence electrons. The Hall–Kier alpha value is -1.59.